The van der Waals surface area contributed by atoms with Crippen molar-refractivity contribution < 1.29 is 9.59 Å². The summed E-state index contributed by atoms with van der Waals surface area (Å²) in [7, 11) is 1.65. The fourth-order valence-corrected chi connectivity index (χ4v) is 7.56. The summed E-state index contributed by atoms with van der Waals surface area (Å²) in [6.45, 7) is 4.55. The molecule has 0 N–H and O–H groups in total. The van der Waals surface area contributed by atoms with E-state index in [0.29, 0.717) is 3.88 Å². The number of hydrogen-bond donors (Lipinski definition) is 0. The molecule has 0 bridgehead atoms. The average molecular weight is 650 g/mol. The molecule has 0 aliphatic carbocycles. The summed E-state index contributed by atoms with van der Waals surface area (Å²) >= 11 is 0.779. The standard InChI is InChI=1S/C25H20N3O2Te2/c1-25(2)17-8-4-6-10-19(17)28(20-11-7-5-9-18(20)25)21-13-12-15(32-21)14-16-22(29)26-24(31)27(3)23(16)30/h4-14H,1-3H3/b16-14+. The number of hydrogen-bond acceptors (Lipinski definition) is 3. The minimum atomic E-state index is -0.810. The van der Waals surface area contributed by atoms with Gasteiger partial charge in [-0.25, -0.2) is 0 Å². The van der Waals surface area contributed by atoms with Gasteiger partial charge in [0.05, 0.1) is 0 Å². The number of rotatable bonds is 2. The third-order valence-electron chi connectivity index (χ3n) is 6.01. The number of anilines is 3. The van der Waals surface area contributed by atoms with Crippen LogP contribution < -0.4 is 4.90 Å². The zero-order chi connectivity index (χ0) is 22.6. The fourth-order valence-electron chi connectivity index (χ4n) is 4.29. The van der Waals surface area contributed by atoms with Crippen molar-refractivity contribution in [1.29, 1.82) is 0 Å². The van der Waals surface area contributed by atoms with Crippen LogP contribution in [0, 0.1) is 0 Å². The molecule has 0 atom stereocenters. The van der Waals surface area contributed by atoms with Gasteiger partial charge in [0, 0.05) is 0 Å². The number of carbonyl (C=O) groups excluding carboxylic acids is 2. The average Bonchev–Trinajstić information content (AvgIpc) is 3.24. The minimum absolute atomic E-state index is 0.0940. The number of para-hydroxylation sites is 2. The number of fused-ring (bicyclic) bond motifs is 2. The molecule has 1 radical (unpaired) electrons. The first-order chi connectivity index (χ1) is 15.3. The van der Waals surface area contributed by atoms with Crippen molar-refractivity contribution in [2.75, 3.05) is 11.9 Å². The Morgan fingerprint density at radius 1 is 0.938 bits per heavy atom. The van der Waals surface area contributed by atoms with E-state index in [1.165, 1.54) is 31.1 Å². The summed E-state index contributed by atoms with van der Waals surface area (Å²) in [4.78, 5) is 32.8. The Balaban J connectivity index is 1.61. The first-order valence-electron chi connectivity index (χ1n) is 10.2. The quantitative estimate of drug-likeness (QED) is 0.242. The van der Waals surface area contributed by atoms with Crippen molar-refractivity contribution in [3.63, 3.8) is 0 Å². The molecule has 3 heterocycles. The van der Waals surface area contributed by atoms with Gasteiger partial charge in [0.1, 0.15) is 0 Å². The SMILES string of the molecule is CN1C(=O)/C(=C/c2ccc(N3c4ccccc4C(C)(C)c4ccccc43)[te]2)C(=O)N=C1[Te]. The molecular formula is C25H20N3O2Te2. The third-order valence-corrected chi connectivity index (χ3v) is 9.95. The summed E-state index contributed by atoms with van der Waals surface area (Å²) in [5.41, 5.74) is 5.03. The molecule has 0 saturated carbocycles. The van der Waals surface area contributed by atoms with E-state index in [1.54, 1.807) is 35.4 Å². The maximum absolute atomic E-state index is 12.6. The van der Waals surface area contributed by atoms with Gasteiger partial charge in [-0.05, 0) is 0 Å². The number of carbonyl (C=O) groups is 2. The van der Waals surface area contributed by atoms with E-state index in [-0.39, 0.29) is 16.9 Å². The Labute approximate surface area is 210 Å². The Morgan fingerprint density at radius 2 is 1.53 bits per heavy atom. The molecule has 0 fully saturated rings. The van der Waals surface area contributed by atoms with Crippen molar-refractivity contribution in [3.8, 4) is 0 Å². The van der Waals surface area contributed by atoms with Crippen LogP contribution in [0.1, 0.15) is 28.6 Å². The molecule has 7 heteroatoms. The number of amides is 2. The van der Waals surface area contributed by atoms with Gasteiger partial charge in [0.15, 0.2) is 0 Å². The van der Waals surface area contributed by atoms with E-state index < -0.39 is 26.3 Å². The topological polar surface area (TPSA) is 53.0 Å². The molecular weight excluding hydrogens is 629 g/mol. The van der Waals surface area contributed by atoms with Crippen LogP contribution in [0.4, 0.5) is 15.1 Å². The van der Waals surface area contributed by atoms with Gasteiger partial charge in [0.25, 0.3) is 0 Å². The van der Waals surface area contributed by atoms with E-state index in [9.17, 15) is 9.59 Å². The summed E-state index contributed by atoms with van der Waals surface area (Å²) in [5, 5.41) is 0. The van der Waals surface area contributed by atoms with Crippen LogP contribution in [0.15, 0.2) is 71.2 Å². The van der Waals surface area contributed by atoms with Crippen LogP contribution in [0.5, 0.6) is 0 Å². The van der Waals surface area contributed by atoms with E-state index in [0.717, 1.165) is 3.58 Å². The molecule has 0 saturated heterocycles. The van der Waals surface area contributed by atoms with Gasteiger partial charge >= 0.3 is 211 Å². The van der Waals surface area contributed by atoms with Gasteiger partial charge in [-0.1, -0.05) is 0 Å². The zero-order valence-electron chi connectivity index (χ0n) is 17.8. The predicted octanol–water partition coefficient (Wildman–Crippen LogP) is 3.76. The number of benzene rings is 2. The van der Waals surface area contributed by atoms with Crippen LogP contribution >= 0.6 is 0 Å². The molecule has 0 unspecified atom stereocenters. The zero-order valence-corrected chi connectivity index (χ0v) is 22.5. The molecule has 2 aliphatic rings. The Morgan fingerprint density at radius 3 is 2.16 bits per heavy atom. The molecule has 5 nitrogen and oxygen atoms in total. The second-order valence-corrected chi connectivity index (χ2v) is 12.5. The van der Waals surface area contributed by atoms with Crippen LogP contribution in [0.3, 0.4) is 0 Å². The van der Waals surface area contributed by atoms with Gasteiger partial charge in [-0.3, -0.25) is 0 Å². The molecule has 2 aliphatic heterocycles. The van der Waals surface area contributed by atoms with E-state index >= 15 is 0 Å². The normalized spacial score (nSPS) is 18.5. The number of likely N-dealkylation sites (N-methyl/N-ethyl adjacent to an activating group) is 1. The maximum atomic E-state index is 12.6. The van der Waals surface area contributed by atoms with Crippen LogP contribution in [-0.2, 0) is 15.0 Å². The summed E-state index contributed by atoms with van der Waals surface area (Å²) in [6.07, 6.45) is 1.75. The van der Waals surface area contributed by atoms with E-state index in [2.05, 4.69) is 78.3 Å². The van der Waals surface area contributed by atoms with Crippen molar-refractivity contribution in [2.45, 2.75) is 19.3 Å². The Kier molecular flexibility index (Phi) is 5.43. The Bertz CT molecular complexity index is 1290. The second-order valence-electron chi connectivity index (χ2n) is 8.29. The third kappa shape index (κ3) is 3.40. The van der Waals surface area contributed by atoms with Gasteiger partial charge in [-0.2, -0.15) is 0 Å². The summed E-state index contributed by atoms with van der Waals surface area (Å²) < 4.78 is 2.72. The van der Waals surface area contributed by atoms with Crippen molar-refractivity contribution >= 4 is 79.6 Å². The van der Waals surface area contributed by atoms with Gasteiger partial charge in [-0.15, -0.1) is 0 Å². The Hall–Kier alpha value is -2.15. The molecule has 3 aromatic rings. The number of amidine groups is 1. The monoisotopic (exact) mass is 654 g/mol. The van der Waals surface area contributed by atoms with Gasteiger partial charge in [0.2, 0.25) is 0 Å². The van der Waals surface area contributed by atoms with Crippen molar-refractivity contribution in [3.05, 3.63) is 80.9 Å². The second kappa shape index (κ2) is 8.01. The molecule has 2 amide bonds. The molecule has 1 aromatic heterocycles. The van der Waals surface area contributed by atoms with E-state index in [1.807, 2.05) is 6.07 Å². The van der Waals surface area contributed by atoms with Crippen molar-refractivity contribution in [2.24, 2.45) is 4.99 Å². The summed E-state index contributed by atoms with van der Waals surface area (Å²) in [5.74, 6) is -0.743. The van der Waals surface area contributed by atoms with Crippen LogP contribution in [0.2, 0.25) is 0 Å². The summed E-state index contributed by atoms with van der Waals surface area (Å²) in [6, 6.07) is 21.3. The van der Waals surface area contributed by atoms with E-state index in [4.69, 9.17) is 0 Å². The number of aliphatic imine (C=N–C) groups is 1. The van der Waals surface area contributed by atoms with Crippen LogP contribution in [-0.4, -0.2) is 70.4 Å². The molecule has 32 heavy (non-hydrogen) atoms. The van der Waals surface area contributed by atoms with Crippen molar-refractivity contribution in [1.82, 2.24) is 4.90 Å². The first-order valence-corrected chi connectivity index (χ1v) is 13.7. The predicted molar refractivity (Wildman–Crippen MR) is 129 cm³/mol. The molecule has 2 aromatic carbocycles. The number of nitrogens with zero attached hydrogens (tertiary/aromatic N) is 3. The van der Waals surface area contributed by atoms with Crippen LogP contribution in [0.25, 0.3) is 6.08 Å². The molecule has 5 rings (SSSR count). The molecule has 159 valence electrons. The molecule has 0 spiro atoms. The van der Waals surface area contributed by atoms with Gasteiger partial charge < -0.3 is 0 Å². The first kappa shape index (κ1) is 21.7. The fraction of sp³-hybridized carbons (Fsp3) is 0.160.